The SMILES string of the molecule is Cc1cc(C)n(-c2c(C(C)C)cc(-c3ccccc3)cc2C(C)C)c1-c1n(-c2ccccc2)cc[n+]1C. The minimum absolute atomic E-state index is 0.376. The lowest BCUT2D eigenvalue weighted by Crippen LogP contribution is -2.30. The van der Waals surface area contributed by atoms with Gasteiger partial charge in [0.1, 0.15) is 23.8 Å². The van der Waals surface area contributed by atoms with Gasteiger partial charge in [0.2, 0.25) is 0 Å². The van der Waals surface area contributed by atoms with Gasteiger partial charge in [0.05, 0.1) is 12.7 Å². The summed E-state index contributed by atoms with van der Waals surface area (Å²) >= 11 is 0. The standard InChI is InChI=1S/C34H38N3/c1-23(2)30-21-28(27-14-10-8-11-15-27)22-31(24(3)4)33(30)37-26(6)20-25(5)32(37)34-35(7)18-19-36(34)29-16-12-9-13-17-29/h8-24H,1-7H3/q+1. The van der Waals surface area contributed by atoms with Crippen LogP contribution < -0.4 is 4.57 Å². The van der Waals surface area contributed by atoms with Crippen molar-refractivity contribution in [2.24, 2.45) is 7.05 Å². The molecule has 0 atom stereocenters. The number of rotatable bonds is 6. The van der Waals surface area contributed by atoms with Crippen molar-refractivity contribution in [3.63, 3.8) is 0 Å². The molecule has 0 N–H and O–H groups in total. The molecule has 0 aliphatic carbocycles. The average Bonchev–Trinajstić information content (AvgIpc) is 3.41. The zero-order valence-corrected chi connectivity index (χ0v) is 23.2. The van der Waals surface area contributed by atoms with E-state index in [2.05, 4.69) is 154 Å². The second-order valence-electron chi connectivity index (χ2n) is 10.8. The molecule has 37 heavy (non-hydrogen) atoms. The summed E-state index contributed by atoms with van der Waals surface area (Å²) < 4.78 is 7.07. The Morgan fingerprint density at radius 2 is 1.27 bits per heavy atom. The summed E-state index contributed by atoms with van der Waals surface area (Å²) in [6.45, 7) is 13.7. The maximum Gasteiger partial charge on any atom is 0.311 e. The second kappa shape index (κ2) is 9.89. The molecule has 0 bridgehead atoms. The second-order valence-corrected chi connectivity index (χ2v) is 10.8. The Labute approximate surface area is 221 Å². The van der Waals surface area contributed by atoms with E-state index < -0.39 is 0 Å². The van der Waals surface area contributed by atoms with Crippen LogP contribution in [0.1, 0.15) is 61.9 Å². The molecule has 0 aliphatic rings. The Hall–Kier alpha value is -3.85. The van der Waals surface area contributed by atoms with Crippen LogP contribution in [0, 0.1) is 13.8 Å². The lowest BCUT2D eigenvalue weighted by molar-refractivity contribution is -0.659. The molecule has 0 amide bonds. The van der Waals surface area contributed by atoms with Gasteiger partial charge >= 0.3 is 5.82 Å². The number of hydrogen-bond acceptors (Lipinski definition) is 0. The molecule has 0 saturated heterocycles. The summed E-state index contributed by atoms with van der Waals surface area (Å²) in [5, 5.41) is 0. The lowest BCUT2D eigenvalue weighted by atomic mass is 9.88. The molecule has 0 aliphatic heterocycles. The van der Waals surface area contributed by atoms with Gasteiger partial charge < -0.3 is 4.57 Å². The minimum Gasteiger partial charge on any atom is -0.307 e. The summed E-state index contributed by atoms with van der Waals surface area (Å²) in [6.07, 6.45) is 4.32. The Kier molecular flexibility index (Phi) is 6.64. The predicted molar refractivity (Wildman–Crippen MR) is 155 cm³/mol. The van der Waals surface area contributed by atoms with Crippen molar-refractivity contribution in [3.8, 4) is 34.0 Å². The van der Waals surface area contributed by atoms with Crippen molar-refractivity contribution >= 4 is 0 Å². The molecule has 3 aromatic carbocycles. The fourth-order valence-electron chi connectivity index (χ4n) is 5.54. The topological polar surface area (TPSA) is 13.7 Å². The molecule has 3 heteroatoms. The van der Waals surface area contributed by atoms with Crippen molar-refractivity contribution < 1.29 is 4.57 Å². The van der Waals surface area contributed by atoms with Crippen molar-refractivity contribution in [2.75, 3.05) is 0 Å². The zero-order valence-electron chi connectivity index (χ0n) is 23.2. The number of aromatic nitrogens is 3. The van der Waals surface area contributed by atoms with Crippen LogP contribution >= 0.6 is 0 Å². The molecule has 5 aromatic rings. The quantitative estimate of drug-likeness (QED) is 0.213. The van der Waals surface area contributed by atoms with Crippen molar-refractivity contribution in [1.82, 2.24) is 9.13 Å². The summed E-state index contributed by atoms with van der Waals surface area (Å²) in [6, 6.07) is 28.6. The highest BCUT2D eigenvalue weighted by Gasteiger charge is 2.29. The van der Waals surface area contributed by atoms with Gasteiger partial charge in [0, 0.05) is 5.69 Å². The molecule has 0 radical (unpaired) electrons. The van der Waals surface area contributed by atoms with Gasteiger partial charge in [0.15, 0.2) is 0 Å². The van der Waals surface area contributed by atoms with E-state index in [0.717, 1.165) is 5.69 Å². The largest absolute Gasteiger partial charge is 0.311 e. The lowest BCUT2D eigenvalue weighted by Gasteiger charge is -2.25. The monoisotopic (exact) mass is 488 g/mol. The summed E-state index contributed by atoms with van der Waals surface area (Å²) in [7, 11) is 2.14. The van der Waals surface area contributed by atoms with E-state index >= 15 is 0 Å². The molecular formula is C34H38N3+. The maximum absolute atomic E-state index is 2.52. The third-order valence-electron chi connectivity index (χ3n) is 7.37. The Morgan fingerprint density at radius 3 is 1.84 bits per heavy atom. The van der Waals surface area contributed by atoms with Crippen LogP contribution in [-0.4, -0.2) is 9.13 Å². The van der Waals surface area contributed by atoms with Crippen LogP contribution in [-0.2, 0) is 7.05 Å². The first kappa shape index (κ1) is 24.8. The first-order valence-corrected chi connectivity index (χ1v) is 13.3. The van der Waals surface area contributed by atoms with Crippen LogP contribution in [0.15, 0.2) is 91.3 Å². The Morgan fingerprint density at radius 1 is 0.703 bits per heavy atom. The summed E-state index contributed by atoms with van der Waals surface area (Å²) in [4.78, 5) is 0. The average molecular weight is 489 g/mol. The highest BCUT2D eigenvalue weighted by Crippen LogP contribution is 2.40. The van der Waals surface area contributed by atoms with Gasteiger partial charge in [-0.2, -0.15) is 4.57 Å². The van der Waals surface area contributed by atoms with Gasteiger partial charge in [-0.15, -0.1) is 0 Å². The number of para-hydroxylation sites is 1. The van der Waals surface area contributed by atoms with Crippen LogP contribution in [0.3, 0.4) is 0 Å². The number of imidazole rings is 1. The van der Waals surface area contributed by atoms with E-state index in [4.69, 9.17) is 0 Å². The van der Waals surface area contributed by atoms with Crippen molar-refractivity contribution in [3.05, 3.63) is 114 Å². The smallest absolute Gasteiger partial charge is 0.307 e. The van der Waals surface area contributed by atoms with E-state index in [-0.39, 0.29) is 0 Å². The number of aryl methyl sites for hydroxylation is 3. The first-order chi connectivity index (χ1) is 17.8. The van der Waals surface area contributed by atoms with Crippen LogP contribution in [0.4, 0.5) is 0 Å². The van der Waals surface area contributed by atoms with E-state index in [1.165, 1.54) is 50.7 Å². The van der Waals surface area contributed by atoms with Crippen LogP contribution in [0.5, 0.6) is 0 Å². The van der Waals surface area contributed by atoms with Gasteiger partial charge in [-0.1, -0.05) is 76.2 Å². The molecule has 2 aromatic heterocycles. The predicted octanol–water partition coefficient (Wildman–Crippen LogP) is 8.29. The maximum atomic E-state index is 2.52. The highest BCUT2D eigenvalue weighted by molar-refractivity contribution is 5.72. The Bertz CT molecular complexity index is 1500. The summed E-state index contributed by atoms with van der Waals surface area (Å²) in [5.74, 6) is 1.93. The van der Waals surface area contributed by atoms with Gasteiger partial charge in [-0.05, 0) is 83.8 Å². The third-order valence-corrected chi connectivity index (χ3v) is 7.37. The molecule has 0 unspecified atom stereocenters. The number of benzene rings is 3. The molecule has 188 valence electrons. The molecule has 0 fully saturated rings. The van der Waals surface area contributed by atoms with Gasteiger partial charge in [0.25, 0.3) is 0 Å². The molecule has 2 heterocycles. The molecule has 0 spiro atoms. The molecular weight excluding hydrogens is 450 g/mol. The number of nitrogens with zero attached hydrogens (tertiary/aromatic N) is 3. The molecule has 5 rings (SSSR count). The Balaban J connectivity index is 1.84. The van der Waals surface area contributed by atoms with E-state index in [1.54, 1.807) is 0 Å². The van der Waals surface area contributed by atoms with Crippen molar-refractivity contribution in [2.45, 2.75) is 53.4 Å². The molecule has 0 saturated carbocycles. The normalized spacial score (nSPS) is 11.6. The zero-order chi connectivity index (χ0) is 26.3. The fraction of sp³-hybridized carbons (Fsp3) is 0.265. The molecule has 3 nitrogen and oxygen atoms in total. The fourth-order valence-corrected chi connectivity index (χ4v) is 5.54. The third kappa shape index (κ3) is 4.44. The van der Waals surface area contributed by atoms with E-state index in [1.807, 2.05) is 0 Å². The van der Waals surface area contributed by atoms with Gasteiger partial charge in [-0.3, -0.25) is 0 Å². The summed E-state index contributed by atoms with van der Waals surface area (Å²) in [5.41, 5.74) is 11.6. The van der Waals surface area contributed by atoms with E-state index in [9.17, 15) is 0 Å². The number of hydrogen-bond donors (Lipinski definition) is 0. The van der Waals surface area contributed by atoms with Crippen molar-refractivity contribution in [1.29, 1.82) is 0 Å². The first-order valence-electron chi connectivity index (χ1n) is 13.3. The van der Waals surface area contributed by atoms with Gasteiger partial charge in [-0.25, -0.2) is 4.57 Å². The van der Waals surface area contributed by atoms with E-state index in [0.29, 0.717) is 11.8 Å². The van der Waals surface area contributed by atoms with Crippen LogP contribution in [0.2, 0.25) is 0 Å². The highest BCUT2D eigenvalue weighted by atomic mass is 15.2. The van der Waals surface area contributed by atoms with Crippen LogP contribution in [0.25, 0.3) is 34.0 Å². The minimum atomic E-state index is 0.376.